The molecule has 1 aromatic carbocycles. The van der Waals surface area contributed by atoms with Gasteiger partial charge in [-0.25, -0.2) is 4.79 Å². The second-order valence-corrected chi connectivity index (χ2v) is 7.57. The van der Waals surface area contributed by atoms with Crippen molar-refractivity contribution in [2.24, 2.45) is 0 Å². The van der Waals surface area contributed by atoms with Crippen LogP contribution in [-0.2, 0) is 11.3 Å². The average Bonchev–Trinajstić information content (AvgIpc) is 2.76. The first-order valence-corrected chi connectivity index (χ1v) is 9.77. The summed E-state index contributed by atoms with van der Waals surface area (Å²) in [5.41, 5.74) is 0.279. The third kappa shape index (κ3) is 4.26. The van der Waals surface area contributed by atoms with E-state index >= 15 is 0 Å². The summed E-state index contributed by atoms with van der Waals surface area (Å²) in [6.45, 7) is 1.42. The van der Waals surface area contributed by atoms with Crippen LogP contribution in [0.1, 0.15) is 15.9 Å². The number of ether oxygens (including phenoxy) is 1. The standard InChI is InChI=1S/C21H22N4O6/c1-11-8-25(21(30)24-19(11)28)9-16-18(27)17(26)15(10-31-16)23-20(29)13-6-12-4-2-3-5-14(12)22-7-13/h2-8,15-18,26-27H,9-10H2,1H3,(H,23,29)(H,24,28,30)/t15-,16-,17+,18-/m1/s1. The molecule has 0 radical (unpaired) electrons. The van der Waals surface area contributed by atoms with E-state index in [9.17, 15) is 24.6 Å². The predicted octanol–water partition coefficient (Wildman–Crippen LogP) is -0.688. The first-order chi connectivity index (χ1) is 14.8. The Morgan fingerprint density at radius 3 is 2.87 bits per heavy atom. The summed E-state index contributed by atoms with van der Waals surface area (Å²) < 4.78 is 6.82. The molecule has 4 N–H and O–H groups in total. The van der Waals surface area contributed by atoms with E-state index in [2.05, 4.69) is 15.3 Å². The van der Waals surface area contributed by atoms with Crippen molar-refractivity contribution in [2.75, 3.05) is 6.61 Å². The van der Waals surface area contributed by atoms with E-state index in [0.29, 0.717) is 11.1 Å². The van der Waals surface area contributed by atoms with Crippen LogP contribution in [0.2, 0.25) is 0 Å². The summed E-state index contributed by atoms with van der Waals surface area (Å²) in [6.07, 6.45) is -0.751. The van der Waals surface area contributed by atoms with Gasteiger partial charge in [-0.05, 0) is 19.1 Å². The first kappa shape index (κ1) is 20.9. The maximum Gasteiger partial charge on any atom is 0.328 e. The molecule has 1 amide bonds. The maximum atomic E-state index is 12.6. The SMILES string of the molecule is Cc1cn(C[C@H]2OC[C@@H](NC(=O)c3cnc4ccccc4c3)[C@H](O)[C@@H]2O)c(=O)[nH]c1=O. The molecule has 3 heterocycles. The predicted molar refractivity (Wildman–Crippen MR) is 111 cm³/mol. The van der Waals surface area contributed by atoms with Crippen LogP contribution in [0.15, 0.2) is 52.3 Å². The lowest BCUT2D eigenvalue weighted by Gasteiger charge is -2.38. The van der Waals surface area contributed by atoms with Crippen molar-refractivity contribution in [3.05, 3.63) is 74.7 Å². The number of para-hydroxylation sites is 1. The van der Waals surface area contributed by atoms with Crippen molar-refractivity contribution < 1.29 is 19.7 Å². The molecule has 1 saturated heterocycles. The Labute approximate surface area is 176 Å². The zero-order valence-corrected chi connectivity index (χ0v) is 16.7. The summed E-state index contributed by atoms with van der Waals surface area (Å²) in [4.78, 5) is 42.5. The number of fused-ring (bicyclic) bond motifs is 1. The lowest BCUT2D eigenvalue weighted by Crippen LogP contribution is -2.60. The van der Waals surface area contributed by atoms with Crippen molar-refractivity contribution in [3.63, 3.8) is 0 Å². The molecule has 0 aliphatic carbocycles. The molecular weight excluding hydrogens is 404 g/mol. The molecule has 0 bridgehead atoms. The van der Waals surface area contributed by atoms with Gasteiger partial charge in [0, 0.05) is 23.3 Å². The van der Waals surface area contributed by atoms with Gasteiger partial charge in [0.25, 0.3) is 11.5 Å². The number of aromatic nitrogens is 3. The highest BCUT2D eigenvalue weighted by molar-refractivity contribution is 5.97. The minimum Gasteiger partial charge on any atom is -0.388 e. The van der Waals surface area contributed by atoms with Crippen LogP contribution in [0.4, 0.5) is 0 Å². The molecule has 1 fully saturated rings. The van der Waals surface area contributed by atoms with Crippen molar-refractivity contribution >= 4 is 16.8 Å². The number of carbonyl (C=O) groups excluding carboxylic acids is 1. The fraction of sp³-hybridized carbons (Fsp3) is 0.333. The van der Waals surface area contributed by atoms with Gasteiger partial charge in [0.2, 0.25) is 0 Å². The van der Waals surface area contributed by atoms with Gasteiger partial charge in [-0.2, -0.15) is 0 Å². The van der Waals surface area contributed by atoms with Crippen LogP contribution in [-0.4, -0.2) is 61.6 Å². The minimum absolute atomic E-state index is 0.0628. The molecule has 3 aromatic rings. The number of hydrogen-bond donors (Lipinski definition) is 4. The number of pyridine rings is 1. The van der Waals surface area contributed by atoms with E-state index in [-0.39, 0.29) is 13.2 Å². The van der Waals surface area contributed by atoms with Gasteiger partial charge in [-0.15, -0.1) is 0 Å². The minimum atomic E-state index is -1.35. The second-order valence-electron chi connectivity index (χ2n) is 7.57. The van der Waals surface area contributed by atoms with E-state index in [0.717, 1.165) is 10.9 Å². The second kappa shape index (κ2) is 8.42. The Balaban J connectivity index is 1.44. The van der Waals surface area contributed by atoms with Crippen LogP contribution in [0, 0.1) is 6.92 Å². The van der Waals surface area contributed by atoms with E-state index in [4.69, 9.17) is 4.74 Å². The largest absolute Gasteiger partial charge is 0.388 e. The number of benzene rings is 1. The summed E-state index contributed by atoms with van der Waals surface area (Å²) in [7, 11) is 0. The molecule has 0 saturated carbocycles. The molecule has 10 nitrogen and oxygen atoms in total. The van der Waals surface area contributed by atoms with Gasteiger partial charge in [-0.3, -0.25) is 24.1 Å². The number of hydrogen-bond acceptors (Lipinski definition) is 7. The number of carbonyl (C=O) groups is 1. The highest BCUT2D eigenvalue weighted by Crippen LogP contribution is 2.18. The molecule has 162 valence electrons. The van der Waals surface area contributed by atoms with Crippen LogP contribution in [0.5, 0.6) is 0 Å². The fourth-order valence-electron chi connectivity index (χ4n) is 3.57. The van der Waals surface area contributed by atoms with E-state index < -0.39 is 41.5 Å². The molecule has 0 unspecified atom stereocenters. The molecule has 0 spiro atoms. The van der Waals surface area contributed by atoms with E-state index in [1.165, 1.54) is 17.0 Å². The fourth-order valence-corrected chi connectivity index (χ4v) is 3.57. The van der Waals surface area contributed by atoms with Crippen LogP contribution < -0.4 is 16.6 Å². The smallest absolute Gasteiger partial charge is 0.328 e. The summed E-state index contributed by atoms with van der Waals surface area (Å²) in [5, 5.41) is 24.5. The van der Waals surface area contributed by atoms with E-state index in [1.54, 1.807) is 13.0 Å². The lowest BCUT2D eigenvalue weighted by molar-refractivity contribution is -0.152. The third-order valence-corrected chi connectivity index (χ3v) is 5.37. The number of nitrogens with one attached hydrogen (secondary N) is 2. The normalized spacial score (nSPS) is 23.6. The van der Waals surface area contributed by atoms with Gasteiger partial charge >= 0.3 is 5.69 Å². The molecule has 1 aliphatic rings. The number of rotatable bonds is 4. The zero-order valence-electron chi connectivity index (χ0n) is 16.7. The Morgan fingerprint density at radius 1 is 1.29 bits per heavy atom. The number of amides is 1. The first-order valence-electron chi connectivity index (χ1n) is 9.77. The third-order valence-electron chi connectivity index (χ3n) is 5.37. The molecule has 2 aromatic heterocycles. The van der Waals surface area contributed by atoms with Gasteiger partial charge in [0.1, 0.15) is 18.3 Å². The van der Waals surface area contributed by atoms with Crippen LogP contribution >= 0.6 is 0 Å². The van der Waals surface area contributed by atoms with Crippen molar-refractivity contribution in [3.8, 4) is 0 Å². The molecule has 1 aliphatic heterocycles. The van der Waals surface area contributed by atoms with Crippen molar-refractivity contribution in [1.82, 2.24) is 19.9 Å². The maximum absolute atomic E-state index is 12.6. The monoisotopic (exact) mass is 426 g/mol. The Morgan fingerprint density at radius 2 is 2.06 bits per heavy atom. The van der Waals surface area contributed by atoms with Gasteiger partial charge in [0.05, 0.1) is 30.3 Å². The number of H-pyrrole nitrogens is 1. The highest BCUT2D eigenvalue weighted by Gasteiger charge is 2.39. The molecule has 4 atom stereocenters. The summed E-state index contributed by atoms with van der Waals surface area (Å²) in [5.74, 6) is -0.455. The van der Waals surface area contributed by atoms with Gasteiger partial charge < -0.3 is 20.3 Å². The van der Waals surface area contributed by atoms with E-state index in [1.807, 2.05) is 24.3 Å². The molecule has 4 rings (SSSR count). The number of nitrogens with zero attached hydrogens (tertiary/aromatic N) is 2. The van der Waals surface area contributed by atoms with Crippen LogP contribution in [0.3, 0.4) is 0 Å². The number of aryl methyl sites for hydroxylation is 1. The van der Waals surface area contributed by atoms with Crippen LogP contribution in [0.25, 0.3) is 10.9 Å². The Bertz CT molecular complexity index is 1240. The Kier molecular flexibility index (Phi) is 5.68. The van der Waals surface area contributed by atoms with Crippen molar-refractivity contribution in [2.45, 2.75) is 37.8 Å². The average molecular weight is 426 g/mol. The highest BCUT2D eigenvalue weighted by atomic mass is 16.5. The zero-order chi connectivity index (χ0) is 22.1. The van der Waals surface area contributed by atoms with Gasteiger partial charge in [-0.1, -0.05) is 18.2 Å². The number of aromatic amines is 1. The summed E-state index contributed by atoms with van der Waals surface area (Å²) in [6, 6.07) is 8.21. The summed E-state index contributed by atoms with van der Waals surface area (Å²) >= 11 is 0. The Hall–Kier alpha value is -3.34. The molecule has 31 heavy (non-hydrogen) atoms. The molecule has 10 heteroatoms. The molecular formula is C21H22N4O6. The topological polar surface area (TPSA) is 147 Å². The van der Waals surface area contributed by atoms with Gasteiger partial charge in [0.15, 0.2) is 0 Å². The lowest BCUT2D eigenvalue weighted by atomic mass is 9.97. The number of aliphatic hydroxyl groups is 2. The van der Waals surface area contributed by atoms with Crippen molar-refractivity contribution in [1.29, 1.82) is 0 Å². The number of aliphatic hydroxyl groups excluding tert-OH is 2. The quantitative estimate of drug-likeness (QED) is 0.432.